The number of rotatable bonds is 3. The third kappa shape index (κ3) is 4.71. The number of benzene rings is 2. The van der Waals surface area contributed by atoms with Gasteiger partial charge in [0.15, 0.2) is 12.4 Å². The molecule has 0 aliphatic heterocycles. The summed E-state index contributed by atoms with van der Waals surface area (Å²) >= 11 is 12.0. The topological polar surface area (TPSA) is 63.6 Å². The highest BCUT2D eigenvalue weighted by Gasteiger charge is 2.32. The number of ketones is 1. The fraction of sp³-hybridized carbons (Fsp3) is 0.222. The lowest BCUT2D eigenvalue weighted by molar-refractivity contribution is -0.139. The van der Waals surface area contributed by atoms with Crippen LogP contribution in [0.4, 0.5) is 4.39 Å². The molecule has 2 aromatic rings. The van der Waals surface area contributed by atoms with Crippen molar-refractivity contribution in [2.75, 3.05) is 6.61 Å². The molecule has 0 aromatic heterocycles. The number of halogens is 3. The molecule has 0 heterocycles. The highest BCUT2D eigenvalue weighted by Crippen LogP contribution is 2.42. The van der Waals surface area contributed by atoms with Gasteiger partial charge in [-0.2, -0.15) is 0 Å². The number of fused-ring (bicyclic) bond motifs is 1. The SMILES string of the molecule is CC1Cc2cc(OCC(=O)O)c(Cl)c(Cl)c2C1=O.Fc1ccccc1. The van der Waals surface area contributed by atoms with Gasteiger partial charge >= 0.3 is 5.97 Å². The summed E-state index contributed by atoms with van der Waals surface area (Å²) in [6, 6.07) is 9.53. The summed E-state index contributed by atoms with van der Waals surface area (Å²) in [6.45, 7) is 1.31. The summed E-state index contributed by atoms with van der Waals surface area (Å²) in [4.78, 5) is 22.3. The van der Waals surface area contributed by atoms with E-state index in [9.17, 15) is 14.0 Å². The number of carbonyl (C=O) groups excluding carboxylic acids is 1. The van der Waals surface area contributed by atoms with Crippen LogP contribution in [0.3, 0.4) is 0 Å². The van der Waals surface area contributed by atoms with Gasteiger partial charge in [0.2, 0.25) is 0 Å². The van der Waals surface area contributed by atoms with Gasteiger partial charge in [0, 0.05) is 11.5 Å². The summed E-state index contributed by atoms with van der Waals surface area (Å²) < 4.78 is 17.0. The van der Waals surface area contributed by atoms with Gasteiger partial charge in [0.25, 0.3) is 0 Å². The predicted octanol–water partition coefficient (Wildman–Crippen LogP) is 4.66. The first-order valence-electron chi connectivity index (χ1n) is 7.41. The average molecular weight is 385 g/mol. The Labute approximate surface area is 154 Å². The molecule has 0 amide bonds. The molecule has 2 aromatic carbocycles. The van der Waals surface area contributed by atoms with Crippen LogP contribution >= 0.6 is 23.2 Å². The molecule has 3 rings (SSSR count). The predicted molar refractivity (Wildman–Crippen MR) is 93.2 cm³/mol. The molecule has 1 N–H and O–H groups in total. The first-order valence-corrected chi connectivity index (χ1v) is 8.17. The van der Waals surface area contributed by atoms with Gasteiger partial charge in [-0.3, -0.25) is 4.79 Å². The van der Waals surface area contributed by atoms with E-state index in [2.05, 4.69) is 0 Å². The molecule has 0 fully saturated rings. The minimum atomic E-state index is -1.10. The molecular weight excluding hydrogens is 370 g/mol. The zero-order valence-corrected chi connectivity index (χ0v) is 14.8. The Kier molecular flexibility index (Phi) is 6.39. The van der Waals surface area contributed by atoms with E-state index in [0.717, 1.165) is 5.56 Å². The van der Waals surface area contributed by atoms with Crippen molar-refractivity contribution in [3.63, 3.8) is 0 Å². The number of hydrogen-bond donors (Lipinski definition) is 1. The van der Waals surface area contributed by atoms with Crippen molar-refractivity contribution in [1.82, 2.24) is 0 Å². The zero-order valence-electron chi connectivity index (χ0n) is 13.3. The number of carboxylic acid groups (broad SMARTS) is 1. The molecule has 132 valence electrons. The van der Waals surface area contributed by atoms with E-state index in [-0.39, 0.29) is 33.3 Å². The molecule has 1 aliphatic carbocycles. The molecule has 4 nitrogen and oxygen atoms in total. The summed E-state index contributed by atoms with van der Waals surface area (Å²) in [7, 11) is 0. The van der Waals surface area contributed by atoms with E-state index < -0.39 is 12.6 Å². The van der Waals surface area contributed by atoms with E-state index in [1.54, 1.807) is 24.3 Å². The maximum absolute atomic E-state index is 11.9. The quantitative estimate of drug-likeness (QED) is 0.835. The Morgan fingerprint density at radius 2 is 1.92 bits per heavy atom. The Morgan fingerprint density at radius 1 is 1.28 bits per heavy atom. The molecule has 25 heavy (non-hydrogen) atoms. The average Bonchev–Trinajstić information content (AvgIpc) is 2.85. The molecule has 1 atom stereocenters. The summed E-state index contributed by atoms with van der Waals surface area (Å²) in [6.07, 6.45) is 0.564. The van der Waals surface area contributed by atoms with Gasteiger partial charge in [-0.05, 0) is 30.2 Å². The van der Waals surface area contributed by atoms with Crippen LogP contribution in [0.2, 0.25) is 10.0 Å². The number of hydrogen-bond acceptors (Lipinski definition) is 3. The second kappa shape index (κ2) is 8.32. The van der Waals surface area contributed by atoms with Crippen molar-refractivity contribution in [1.29, 1.82) is 0 Å². The third-order valence-electron chi connectivity index (χ3n) is 3.56. The smallest absolute Gasteiger partial charge is 0.341 e. The lowest BCUT2D eigenvalue weighted by Crippen LogP contribution is -2.10. The van der Waals surface area contributed by atoms with Crippen molar-refractivity contribution in [3.05, 3.63) is 63.4 Å². The van der Waals surface area contributed by atoms with Crippen LogP contribution in [0.15, 0.2) is 36.4 Å². The van der Waals surface area contributed by atoms with Crippen molar-refractivity contribution in [3.8, 4) is 5.75 Å². The van der Waals surface area contributed by atoms with E-state index in [1.165, 1.54) is 12.1 Å². The van der Waals surface area contributed by atoms with Gasteiger partial charge in [-0.25, -0.2) is 9.18 Å². The van der Waals surface area contributed by atoms with E-state index in [1.807, 2.05) is 6.92 Å². The van der Waals surface area contributed by atoms with Crippen molar-refractivity contribution in [2.45, 2.75) is 13.3 Å². The van der Waals surface area contributed by atoms with Gasteiger partial charge in [-0.15, -0.1) is 0 Å². The Morgan fingerprint density at radius 3 is 2.44 bits per heavy atom. The summed E-state index contributed by atoms with van der Waals surface area (Å²) in [5.74, 6) is -1.26. The number of aliphatic carboxylic acids is 1. The van der Waals surface area contributed by atoms with Gasteiger partial charge < -0.3 is 9.84 Å². The molecule has 0 saturated carbocycles. The molecule has 1 unspecified atom stereocenters. The largest absolute Gasteiger partial charge is 0.480 e. The Bertz CT molecular complexity index is 793. The minimum absolute atomic E-state index is 0.0401. The van der Waals surface area contributed by atoms with Crippen molar-refractivity contribution in [2.24, 2.45) is 5.92 Å². The zero-order chi connectivity index (χ0) is 18.6. The monoisotopic (exact) mass is 384 g/mol. The van der Waals surface area contributed by atoms with Gasteiger partial charge in [-0.1, -0.05) is 48.3 Å². The van der Waals surface area contributed by atoms with Crippen LogP contribution in [-0.4, -0.2) is 23.5 Å². The Hall–Kier alpha value is -2.11. The highest BCUT2D eigenvalue weighted by molar-refractivity contribution is 6.45. The summed E-state index contributed by atoms with van der Waals surface area (Å²) in [5, 5.41) is 8.78. The number of Topliss-reactive ketones (excluding diaryl/α,β-unsaturated/α-hetero) is 1. The fourth-order valence-electron chi connectivity index (χ4n) is 2.41. The van der Waals surface area contributed by atoms with E-state index in [0.29, 0.717) is 12.0 Å². The van der Waals surface area contributed by atoms with Crippen LogP contribution in [-0.2, 0) is 11.2 Å². The minimum Gasteiger partial charge on any atom is -0.480 e. The first-order chi connectivity index (χ1) is 11.8. The van der Waals surface area contributed by atoms with Gasteiger partial charge in [0.1, 0.15) is 16.6 Å². The van der Waals surface area contributed by atoms with Crippen LogP contribution in [0.5, 0.6) is 5.75 Å². The van der Waals surface area contributed by atoms with Crippen molar-refractivity contribution < 1.29 is 23.8 Å². The van der Waals surface area contributed by atoms with Gasteiger partial charge in [0.05, 0.1) is 5.02 Å². The lowest BCUT2D eigenvalue weighted by Gasteiger charge is -2.10. The number of carbonyl (C=O) groups is 2. The normalized spacial score (nSPS) is 15.2. The van der Waals surface area contributed by atoms with Crippen LogP contribution in [0.25, 0.3) is 0 Å². The van der Waals surface area contributed by atoms with Crippen molar-refractivity contribution >= 4 is 35.0 Å². The summed E-state index contributed by atoms with van der Waals surface area (Å²) in [5.41, 5.74) is 1.18. The highest BCUT2D eigenvalue weighted by atomic mass is 35.5. The molecule has 1 aliphatic rings. The fourth-order valence-corrected chi connectivity index (χ4v) is 2.92. The second-order valence-corrected chi connectivity index (χ2v) is 6.24. The van der Waals surface area contributed by atoms with Crippen LogP contribution in [0.1, 0.15) is 22.8 Å². The maximum Gasteiger partial charge on any atom is 0.341 e. The molecular formula is C18H15Cl2FO4. The van der Waals surface area contributed by atoms with Crippen LogP contribution < -0.4 is 4.74 Å². The molecule has 0 saturated heterocycles. The van der Waals surface area contributed by atoms with E-state index in [4.69, 9.17) is 33.0 Å². The molecule has 0 spiro atoms. The number of carboxylic acids is 1. The Balaban J connectivity index is 0.000000269. The molecule has 0 bridgehead atoms. The third-order valence-corrected chi connectivity index (χ3v) is 4.41. The van der Waals surface area contributed by atoms with Crippen LogP contribution in [0, 0.1) is 11.7 Å². The molecule has 7 heteroatoms. The second-order valence-electron chi connectivity index (χ2n) is 5.48. The number of ether oxygens (including phenoxy) is 1. The lowest BCUT2D eigenvalue weighted by atomic mass is 10.1. The first kappa shape index (κ1) is 19.2. The molecule has 0 radical (unpaired) electrons. The standard InChI is InChI=1S/C12H10Cl2O4.C6H5F/c1-5-2-6-3-7(18-4-8(15)16)10(13)11(14)9(6)12(5)17;7-6-4-2-1-3-5-6/h3,5H,2,4H2,1H3,(H,15,16);1-5H. The maximum atomic E-state index is 11.9. The van der Waals surface area contributed by atoms with E-state index >= 15 is 0 Å².